The van der Waals surface area contributed by atoms with Gasteiger partial charge in [0.25, 0.3) is 0 Å². The number of nitrogens with two attached hydrogens (primary N) is 1. The highest BCUT2D eigenvalue weighted by Gasteiger charge is 2.18. The minimum absolute atomic E-state index is 0.0972. The molecule has 2 N–H and O–H groups in total. The fraction of sp³-hybridized carbons (Fsp3) is 0.0500. The van der Waals surface area contributed by atoms with Gasteiger partial charge in [0.05, 0.1) is 12.1 Å². The molecule has 4 aromatic rings. The Labute approximate surface area is 146 Å². The quantitative estimate of drug-likeness (QED) is 0.584. The molecule has 0 bridgehead atoms. The van der Waals surface area contributed by atoms with Gasteiger partial charge in [-0.15, -0.1) is 0 Å². The molecule has 0 atom stereocenters. The maximum Gasteiger partial charge on any atom is 0.249 e. The summed E-state index contributed by atoms with van der Waals surface area (Å²) in [7, 11) is 0. The Kier molecular flexibility index (Phi) is 3.68. The third kappa shape index (κ3) is 2.50. The van der Waals surface area contributed by atoms with Gasteiger partial charge in [0.1, 0.15) is 17.5 Å². The van der Waals surface area contributed by atoms with Crippen molar-refractivity contribution in [3.05, 3.63) is 83.2 Å². The van der Waals surface area contributed by atoms with Gasteiger partial charge in [0.15, 0.2) is 0 Å². The molecule has 0 radical (unpaired) electrons. The van der Waals surface area contributed by atoms with Crippen molar-refractivity contribution in [2.45, 2.75) is 6.54 Å². The molecule has 3 aromatic carbocycles. The van der Waals surface area contributed by atoms with Crippen molar-refractivity contribution in [1.82, 2.24) is 4.57 Å². The van der Waals surface area contributed by atoms with E-state index in [4.69, 9.17) is 5.73 Å². The summed E-state index contributed by atoms with van der Waals surface area (Å²) in [6.45, 7) is 0.0972. The molecule has 0 spiro atoms. The largest absolute Gasteiger partial charge is 0.366 e. The molecule has 1 heterocycles. The standard InChI is InChI=1S/C20H13F3N2O/c21-12-6-7-17-15(8-12)19-14(20(24)26)2-1-3-18(19)25(17)10-11-4-5-13(22)9-16(11)23/h1-9H,10H2,(H2,24,26). The van der Waals surface area contributed by atoms with Gasteiger partial charge in [-0.3, -0.25) is 4.79 Å². The Morgan fingerprint density at radius 1 is 0.923 bits per heavy atom. The van der Waals surface area contributed by atoms with Crippen LogP contribution in [0.2, 0.25) is 0 Å². The predicted molar refractivity (Wildman–Crippen MR) is 93.4 cm³/mol. The SMILES string of the molecule is NC(=O)c1cccc2c1c1cc(F)ccc1n2Cc1ccc(F)cc1F. The van der Waals surface area contributed by atoms with Crippen molar-refractivity contribution in [1.29, 1.82) is 0 Å². The molecular weight excluding hydrogens is 341 g/mol. The molecule has 6 heteroatoms. The molecule has 0 fully saturated rings. The zero-order valence-electron chi connectivity index (χ0n) is 13.5. The fourth-order valence-corrected chi connectivity index (χ4v) is 3.32. The van der Waals surface area contributed by atoms with Crippen molar-refractivity contribution >= 4 is 27.7 Å². The second-order valence-electron chi connectivity index (χ2n) is 6.05. The number of nitrogens with zero attached hydrogens (tertiary/aromatic N) is 1. The van der Waals surface area contributed by atoms with Crippen molar-refractivity contribution in [3.63, 3.8) is 0 Å². The number of fused-ring (bicyclic) bond motifs is 3. The van der Waals surface area contributed by atoms with Crippen molar-refractivity contribution < 1.29 is 18.0 Å². The number of carbonyl (C=O) groups is 1. The molecule has 0 aliphatic rings. The van der Waals surface area contributed by atoms with Crippen LogP contribution < -0.4 is 5.73 Å². The first kappa shape index (κ1) is 16.2. The van der Waals surface area contributed by atoms with Crippen LogP contribution in [0.4, 0.5) is 13.2 Å². The molecule has 0 aliphatic carbocycles. The Morgan fingerprint density at radius 2 is 1.65 bits per heavy atom. The minimum Gasteiger partial charge on any atom is -0.366 e. The van der Waals surface area contributed by atoms with Crippen LogP contribution >= 0.6 is 0 Å². The maximum absolute atomic E-state index is 14.1. The van der Waals surface area contributed by atoms with E-state index in [0.717, 1.165) is 6.07 Å². The molecule has 0 saturated heterocycles. The lowest BCUT2D eigenvalue weighted by Crippen LogP contribution is -2.11. The fourth-order valence-electron chi connectivity index (χ4n) is 3.32. The van der Waals surface area contributed by atoms with Crippen LogP contribution in [0.1, 0.15) is 15.9 Å². The number of hydrogen-bond acceptors (Lipinski definition) is 1. The third-order valence-electron chi connectivity index (χ3n) is 4.46. The first-order chi connectivity index (χ1) is 12.5. The molecule has 130 valence electrons. The molecule has 1 amide bonds. The first-order valence-electron chi connectivity index (χ1n) is 7.90. The first-order valence-corrected chi connectivity index (χ1v) is 7.90. The average molecular weight is 354 g/mol. The summed E-state index contributed by atoms with van der Waals surface area (Å²) in [5.41, 5.74) is 7.25. The Hall–Kier alpha value is -3.28. The van der Waals surface area contributed by atoms with E-state index in [2.05, 4.69) is 0 Å². The molecule has 26 heavy (non-hydrogen) atoms. The van der Waals surface area contributed by atoms with Crippen molar-refractivity contribution in [2.75, 3.05) is 0 Å². The molecule has 1 aromatic heterocycles. The molecule has 0 aliphatic heterocycles. The minimum atomic E-state index is -0.673. The lowest BCUT2D eigenvalue weighted by atomic mass is 10.1. The number of rotatable bonds is 3. The summed E-state index contributed by atoms with van der Waals surface area (Å²) in [6, 6.07) is 12.5. The Bertz CT molecular complexity index is 1180. The van der Waals surface area contributed by atoms with Gasteiger partial charge in [-0.25, -0.2) is 13.2 Å². The van der Waals surface area contributed by atoms with Gasteiger partial charge in [-0.1, -0.05) is 12.1 Å². The number of primary amides is 1. The average Bonchev–Trinajstić information content (AvgIpc) is 2.90. The van der Waals surface area contributed by atoms with E-state index in [-0.39, 0.29) is 17.7 Å². The summed E-state index contributed by atoms with van der Waals surface area (Å²) in [4.78, 5) is 11.8. The monoisotopic (exact) mass is 354 g/mol. The number of hydrogen-bond donors (Lipinski definition) is 1. The van der Waals surface area contributed by atoms with E-state index in [9.17, 15) is 18.0 Å². The lowest BCUT2D eigenvalue weighted by Gasteiger charge is -2.09. The lowest BCUT2D eigenvalue weighted by molar-refractivity contribution is 0.100. The smallest absolute Gasteiger partial charge is 0.249 e. The second-order valence-corrected chi connectivity index (χ2v) is 6.05. The summed E-state index contributed by atoms with van der Waals surface area (Å²) >= 11 is 0. The van der Waals surface area contributed by atoms with Gasteiger partial charge in [-0.2, -0.15) is 0 Å². The zero-order valence-corrected chi connectivity index (χ0v) is 13.5. The molecule has 4 rings (SSSR count). The normalized spacial score (nSPS) is 11.3. The summed E-state index contributed by atoms with van der Waals surface area (Å²) in [6.07, 6.45) is 0. The number of benzene rings is 3. The molecular formula is C20H13F3N2O. The molecule has 0 unspecified atom stereocenters. The van der Waals surface area contributed by atoms with E-state index in [1.807, 2.05) is 0 Å². The summed E-state index contributed by atoms with van der Waals surface area (Å²) in [5, 5.41) is 1.02. The second kappa shape index (κ2) is 5.91. The summed E-state index contributed by atoms with van der Waals surface area (Å²) < 4.78 is 42.9. The van der Waals surface area contributed by atoms with Gasteiger partial charge < -0.3 is 10.3 Å². The van der Waals surface area contributed by atoms with Crippen LogP contribution in [-0.4, -0.2) is 10.5 Å². The highest BCUT2D eigenvalue weighted by Crippen LogP contribution is 2.33. The van der Waals surface area contributed by atoms with Crippen molar-refractivity contribution in [3.8, 4) is 0 Å². The van der Waals surface area contributed by atoms with Crippen LogP contribution in [0.3, 0.4) is 0 Å². The van der Waals surface area contributed by atoms with Crippen LogP contribution in [0.25, 0.3) is 21.8 Å². The van der Waals surface area contributed by atoms with Crippen LogP contribution in [0, 0.1) is 17.5 Å². The van der Waals surface area contributed by atoms with E-state index in [1.165, 1.54) is 24.3 Å². The van der Waals surface area contributed by atoms with Crippen LogP contribution in [0.15, 0.2) is 54.6 Å². The van der Waals surface area contributed by atoms with E-state index < -0.39 is 23.4 Å². The maximum atomic E-state index is 14.1. The highest BCUT2D eigenvalue weighted by molar-refractivity contribution is 6.17. The van der Waals surface area contributed by atoms with Gasteiger partial charge in [0, 0.05) is 33.5 Å². The van der Waals surface area contributed by atoms with E-state index >= 15 is 0 Å². The van der Waals surface area contributed by atoms with Crippen LogP contribution in [0.5, 0.6) is 0 Å². The Morgan fingerprint density at radius 3 is 2.38 bits per heavy atom. The van der Waals surface area contributed by atoms with Gasteiger partial charge in [-0.05, 0) is 36.4 Å². The third-order valence-corrected chi connectivity index (χ3v) is 4.46. The zero-order chi connectivity index (χ0) is 18.4. The van der Waals surface area contributed by atoms with E-state index in [1.54, 1.807) is 28.8 Å². The molecule has 0 saturated carbocycles. The number of aromatic nitrogens is 1. The molecule has 3 nitrogen and oxygen atoms in total. The summed E-state index contributed by atoms with van der Waals surface area (Å²) in [5.74, 6) is -2.42. The predicted octanol–water partition coefficient (Wildman–Crippen LogP) is 4.36. The Balaban J connectivity index is 2.04. The van der Waals surface area contributed by atoms with E-state index in [0.29, 0.717) is 21.8 Å². The number of halogens is 3. The van der Waals surface area contributed by atoms with Crippen LogP contribution in [-0.2, 0) is 6.54 Å². The van der Waals surface area contributed by atoms with Gasteiger partial charge >= 0.3 is 0 Å². The number of carbonyl (C=O) groups excluding carboxylic acids is 1. The van der Waals surface area contributed by atoms with Gasteiger partial charge in [0.2, 0.25) is 5.91 Å². The van der Waals surface area contributed by atoms with Crippen molar-refractivity contribution in [2.24, 2.45) is 5.73 Å². The topological polar surface area (TPSA) is 48.0 Å². The highest BCUT2D eigenvalue weighted by atomic mass is 19.1. The number of amides is 1.